The van der Waals surface area contributed by atoms with Crippen LogP contribution in [0.1, 0.15) is 0 Å². The number of hydrogen-bond acceptors (Lipinski definition) is 1. The van der Waals surface area contributed by atoms with Gasteiger partial charge < -0.3 is 0 Å². The first-order valence-electron chi connectivity index (χ1n) is 7.24. The predicted molar refractivity (Wildman–Crippen MR) is 102 cm³/mol. The lowest BCUT2D eigenvalue weighted by Gasteiger charge is -2.02. The first-order valence-corrected chi connectivity index (χ1v) is 8.85. The highest BCUT2D eigenvalue weighted by Crippen LogP contribution is 2.44. The van der Waals surface area contributed by atoms with Crippen molar-refractivity contribution in [2.45, 2.75) is 0 Å². The van der Waals surface area contributed by atoms with Crippen molar-refractivity contribution >= 4 is 69.0 Å². The fraction of sp³-hybridized carbons (Fsp3) is 0. The van der Waals surface area contributed by atoms with Crippen molar-refractivity contribution in [1.29, 1.82) is 0 Å². The average molecular weight is 363 g/mol. The molecule has 0 amide bonds. The summed E-state index contributed by atoms with van der Waals surface area (Å²) in [6, 6.07) is 24.0. The normalized spacial score (nSPS) is 11.9. The first kappa shape index (κ1) is 12.6. The van der Waals surface area contributed by atoms with Gasteiger partial charge in [0.2, 0.25) is 0 Å². The zero-order chi connectivity index (χ0) is 14.7. The zero-order valence-corrected chi connectivity index (χ0v) is 14.0. The van der Waals surface area contributed by atoms with Gasteiger partial charge in [0.15, 0.2) is 0 Å². The molecule has 0 saturated heterocycles. The summed E-state index contributed by atoms with van der Waals surface area (Å²) in [6.45, 7) is 0. The van der Waals surface area contributed by atoms with Crippen LogP contribution in [0.25, 0.3) is 41.7 Å². The lowest BCUT2D eigenvalue weighted by atomic mass is 10.0. The van der Waals surface area contributed by atoms with Crippen LogP contribution in [0.2, 0.25) is 0 Å². The maximum absolute atomic E-state index is 3.79. The van der Waals surface area contributed by atoms with Crippen molar-refractivity contribution in [2.75, 3.05) is 0 Å². The molecule has 4 aromatic carbocycles. The van der Waals surface area contributed by atoms with E-state index in [1.54, 1.807) is 0 Å². The summed E-state index contributed by atoms with van der Waals surface area (Å²) in [4.78, 5) is 0. The van der Waals surface area contributed by atoms with Gasteiger partial charge in [0.05, 0.1) is 0 Å². The zero-order valence-electron chi connectivity index (χ0n) is 11.6. The van der Waals surface area contributed by atoms with Gasteiger partial charge in [-0.25, -0.2) is 0 Å². The molecule has 1 aromatic heterocycles. The minimum absolute atomic E-state index is 1.18. The Labute approximate surface area is 140 Å². The molecule has 0 radical (unpaired) electrons. The van der Waals surface area contributed by atoms with E-state index >= 15 is 0 Å². The van der Waals surface area contributed by atoms with Gasteiger partial charge in [-0.05, 0) is 27.6 Å². The van der Waals surface area contributed by atoms with Crippen molar-refractivity contribution < 1.29 is 0 Å². The first-order chi connectivity index (χ1) is 10.8. The van der Waals surface area contributed by atoms with Crippen LogP contribution in [-0.2, 0) is 0 Å². The van der Waals surface area contributed by atoms with Crippen LogP contribution in [-0.4, -0.2) is 0 Å². The minimum atomic E-state index is 1.18. The molecule has 0 spiro atoms. The third kappa shape index (κ3) is 1.62. The molecule has 22 heavy (non-hydrogen) atoms. The van der Waals surface area contributed by atoms with E-state index in [9.17, 15) is 0 Å². The molecule has 2 heteroatoms. The van der Waals surface area contributed by atoms with Gasteiger partial charge >= 0.3 is 0 Å². The molecule has 0 N–H and O–H groups in total. The van der Waals surface area contributed by atoms with E-state index in [-0.39, 0.29) is 0 Å². The standard InChI is InChI=1S/C20H11BrS/c21-17-11-13-6-2-4-8-15(13)20-18(17)16-10-9-12-5-1-3-7-14(12)19(16)22-20/h1-11H. The van der Waals surface area contributed by atoms with E-state index < -0.39 is 0 Å². The van der Waals surface area contributed by atoms with Crippen molar-refractivity contribution in [2.24, 2.45) is 0 Å². The summed E-state index contributed by atoms with van der Waals surface area (Å²) in [6.07, 6.45) is 0. The highest BCUT2D eigenvalue weighted by Gasteiger charge is 2.13. The maximum Gasteiger partial charge on any atom is 0.0445 e. The van der Waals surface area contributed by atoms with Crippen LogP contribution in [0.3, 0.4) is 0 Å². The molecule has 1 heterocycles. The summed E-state index contributed by atoms with van der Waals surface area (Å²) < 4.78 is 3.93. The number of rotatable bonds is 0. The fourth-order valence-corrected chi connectivity index (χ4v) is 5.48. The molecular weight excluding hydrogens is 352 g/mol. The number of benzene rings is 4. The largest absolute Gasteiger partial charge is 0.134 e. The lowest BCUT2D eigenvalue weighted by Crippen LogP contribution is -1.75. The predicted octanol–water partition coefficient (Wildman–Crippen LogP) is 7.12. The van der Waals surface area contributed by atoms with Crippen LogP contribution in [0.4, 0.5) is 0 Å². The quantitative estimate of drug-likeness (QED) is 0.275. The van der Waals surface area contributed by atoms with Gasteiger partial charge in [-0.1, -0.05) is 76.6 Å². The van der Waals surface area contributed by atoms with Crippen molar-refractivity contribution in [3.63, 3.8) is 0 Å². The minimum Gasteiger partial charge on any atom is -0.134 e. The second-order valence-electron chi connectivity index (χ2n) is 5.55. The van der Waals surface area contributed by atoms with Crippen molar-refractivity contribution in [1.82, 2.24) is 0 Å². The Bertz CT molecular complexity index is 1180. The second-order valence-corrected chi connectivity index (χ2v) is 7.42. The van der Waals surface area contributed by atoms with Crippen LogP contribution >= 0.6 is 27.3 Å². The third-order valence-corrected chi connectivity index (χ3v) is 6.20. The van der Waals surface area contributed by atoms with Crippen LogP contribution < -0.4 is 0 Å². The van der Waals surface area contributed by atoms with Crippen molar-refractivity contribution in [3.05, 3.63) is 71.2 Å². The Morgan fingerprint density at radius 1 is 0.636 bits per heavy atom. The molecule has 0 aliphatic carbocycles. The molecule has 0 aliphatic heterocycles. The molecule has 5 rings (SSSR count). The Morgan fingerprint density at radius 2 is 1.32 bits per heavy atom. The summed E-state index contributed by atoms with van der Waals surface area (Å²) in [5, 5.41) is 7.96. The van der Waals surface area contributed by atoms with E-state index in [4.69, 9.17) is 0 Å². The monoisotopic (exact) mass is 362 g/mol. The SMILES string of the molecule is Brc1cc2ccccc2c2sc3c4ccccc4ccc3c12. The fourth-order valence-electron chi connectivity index (χ4n) is 3.29. The van der Waals surface area contributed by atoms with Gasteiger partial charge in [0.1, 0.15) is 0 Å². The van der Waals surface area contributed by atoms with E-state index in [2.05, 4.69) is 82.7 Å². The van der Waals surface area contributed by atoms with Gasteiger partial charge in [0.25, 0.3) is 0 Å². The topological polar surface area (TPSA) is 0 Å². The molecule has 0 unspecified atom stereocenters. The van der Waals surface area contributed by atoms with Crippen LogP contribution in [0.15, 0.2) is 71.2 Å². The average Bonchev–Trinajstić information content (AvgIpc) is 2.96. The summed E-state index contributed by atoms with van der Waals surface area (Å²) in [7, 11) is 0. The molecular formula is C20H11BrS. The Balaban J connectivity index is 2.12. The Hall–Kier alpha value is -1.90. The second kappa shape index (κ2) is 4.55. The molecule has 0 bridgehead atoms. The van der Waals surface area contributed by atoms with Gasteiger partial charge in [-0.3, -0.25) is 0 Å². The van der Waals surface area contributed by atoms with Gasteiger partial charge in [-0.2, -0.15) is 0 Å². The van der Waals surface area contributed by atoms with Crippen LogP contribution in [0, 0.1) is 0 Å². The third-order valence-electron chi connectivity index (χ3n) is 4.31. The maximum atomic E-state index is 3.79. The molecule has 104 valence electrons. The molecule has 0 saturated carbocycles. The van der Waals surface area contributed by atoms with Gasteiger partial charge in [0, 0.05) is 24.6 Å². The molecule has 0 atom stereocenters. The molecule has 0 aliphatic rings. The number of halogens is 1. The molecule has 5 aromatic rings. The molecule has 0 nitrogen and oxygen atoms in total. The summed E-state index contributed by atoms with van der Waals surface area (Å²) in [5.74, 6) is 0. The lowest BCUT2D eigenvalue weighted by molar-refractivity contribution is 1.79. The smallest absolute Gasteiger partial charge is 0.0445 e. The van der Waals surface area contributed by atoms with Gasteiger partial charge in [-0.15, -0.1) is 11.3 Å². The van der Waals surface area contributed by atoms with E-state index in [1.165, 1.54) is 46.2 Å². The Morgan fingerprint density at radius 3 is 2.14 bits per heavy atom. The highest BCUT2D eigenvalue weighted by atomic mass is 79.9. The van der Waals surface area contributed by atoms with E-state index in [0.29, 0.717) is 0 Å². The number of thiophene rings is 1. The number of hydrogen-bond donors (Lipinski definition) is 0. The van der Waals surface area contributed by atoms with Crippen molar-refractivity contribution in [3.8, 4) is 0 Å². The van der Waals surface area contributed by atoms with E-state index in [1.807, 2.05) is 11.3 Å². The number of fused-ring (bicyclic) bond motifs is 7. The molecule has 0 fully saturated rings. The summed E-state index contributed by atoms with van der Waals surface area (Å²) in [5.41, 5.74) is 0. The summed E-state index contributed by atoms with van der Waals surface area (Å²) >= 11 is 5.69. The van der Waals surface area contributed by atoms with Crippen LogP contribution in [0.5, 0.6) is 0 Å². The Kier molecular flexibility index (Phi) is 2.61. The van der Waals surface area contributed by atoms with E-state index in [0.717, 1.165) is 0 Å². The highest BCUT2D eigenvalue weighted by molar-refractivity contribution is 9.10.